The Morgan fingerprint density at radius 2 is 1.72 bits per heavy atom. The van der Waals surface area contributed by atoms with E-state index in [0.29, 0.717) is 22.7 Å². The van der Waals surface area contributed by atoms with Crippen LogP contribution in [-0.2, 0) is 0 Å². The van der Waals surface area contributed by atoms with Gasteiger partial charge in [0.1, 0.15) is 16.8 Å². The molecule has 4 aromatic rings. The van der Waals surface area contributed by atoms with Crippen molar-refractivity contribution in [2.24, 2.45) is 0 Å². The molecule has 1 amide bonds. The van der Waals surface area contributed by atoms with Crippen LogP contribution in [0.1, 0.15) is 10.5 Å². The summed E-state index contributed by atoms with van der Waals surface area (Å²) < 4.78 is 10.4. The molecule has 4 rings (SSSR count). The molecule has 0 saturated carbocycles. The van der Waals surface area contributed by atoms with Gasteiger partial charge in [0.05, 0.1) is 20.4 Å². The molecule has 0 fully saturated rings. The molecule has 2 aromatic carbocycles. The fraction of sp³-hybridized carbons (Fsp3) is 0.0952. The lowest BCUT2D eigenvalue weighted by atomic mass is 10.0. The van der Waals surface area contributed by atoms with Crippen LogP contribution < -0.4 is 14.8 Å². The van der Waals surface area contributed by atoms with E-state index in [0.717, 1.165) is 11.1 Å². The monoisotopic (exact) mass is 387 g/mol. The Bertz CT molecular complexity index is 1160. The van der Waals surface area contributed by atoms with Gasteiger partial charge in [0.25, 0.3) is 5.91 Å². The third kappa shape index (κ3) is 3.68. The maximum absolute atomic E-state index is 12.4. The first kappa shape index (κ1) is 18.3. The zero-order valence-corrected chi connectivity index (χ0v) is 15.8. The molecule has 0 radical (unpaired) electrons. The molecule has 0 aliphatic carbocycles. The summed E-state index contributed by atoms with van der Waals surface area (Å²) >= 11 is 0. The minimum Gasteiger partial charge on any atom is -0.494 e. The van der Waals surface area contributed by atoms with E-state index in [1.807, 2.05) is 42.5 Å². The maximum Gasteiger partial charge on any atom is 0.277 e. The summed E-state index contributed by atoms with van der Waals surface area (Å²) in [6.45, 7) is 0. The van der Waals surface area contributed by atoms with Gasteiger partial charge in [0, 0.05) is 11.6 Å². The number of nitrogens with zero attached hydrogens (tertiary/aromatic N) is 4. The van der Waals surface area contributed by atoms with E-state index in [2.05, 4.69) is 25.5 Å². The second-order valence-electron chi connectivity index (χ2n) is 6.05. The zero-order chi connectivity index (χ0) is 20.2. The first-order chi connectivity index (χ1) is 14.2. The SMILES string of the molecule is COc1ccc(C(=O)Nc2cnc3c(-c4ccccc4)ccc(OC)c3n2)nn1. The summed E-state index contributed by atoms with van der Waals surface area (Å²) in [5.41, 5.74) is 3.30. The highest BCUT2D eigenvalue weighted by Crippen LogP contribution is 2.32. The van der Waals surface area contributed by atoms with Crippen LogP contribution in [0.15, 0.2) is 60.8 Å². The third-order valence-corrected chi connectivity index (χ3v) is 4.29. The highest BCUT2D eigenvalue weighted by Gasteiger charge is 2.14. The van der Waals surface area contributed by atoms with Crippen molar-refractivity contribution in [1.29, 1.82) is 0 Å². The number of hydrogen-bond acceptors (Lipinski definition) is 7. The first-order valence-corrected chi connectivity index (χ1v) is 8.78. The number of carbonyl (C=O) groups excluding carboxylic acids is 1. The first-order valence-electron chi connectivity index (χ1n) is 8.78. The summed E-state index contributed by atoms with van der Waals surface area (Å²) in [6, 6.07) is 16.7. The van der Waals surface area contributed by atoms with Crippen molar-refractivity contribution < 1.29 is 14.3 Å². The molecular weight excluding hydrogens is 370 g/mol. The van der Waals surface area contributed by atoms with Gasteiger partial charge in [-0.1, -0.05) is 30.3 Å². The number of ether oxygens (including phenoxy) is 2. The molecule has 0 atom stereocenters. The molecule has 2 aromatic heterocycles. The number of rotatable bonds is 5. The second-order valence-corrected chi connectivity index (χ2v) is 6.05. The zero-order valence-electron chi connectivity index (χ0n) is 15.8. The quantitative estimate of drug-likeness (QED) is 0.560. The molecule has 0 aliphatic rings. The fourth-order valence-corrected chi connectivity index (χ4v) is 2.88. The topological polar surface area (TPSA) is 99.1 Å². The van der Waals surface area contributed by atoms with Gasteiger partial charge in [-0.15, -0.1) is 10.2 Å². The Morgan fingerprint density at radius 1 is 0.897 bits per heavy atom. The molecule has 0 saturated heterocycles. The Labute approximate surface area is 166 Å². The number of nitrogens with one attached hydrogen (secondary N) is 1. The van der Waals surface area contributed by atoms with Crippen LogP contribution in [0.3, 0.4) is 0 Å². The maximum atomic E-state index is 12.4. The number of anilines is 1. The number of benzene rings is 2. The van der Waals surface area contributed by atoms with Crippen molar-refractivity contribution in [3.05, 3.63) is 66.5 Å². The van der Waals surface area contributed by atoms with E-state index >= 15 is 0 Å². The number of methoxy groups -OCH3 is 2. The molecule has 0 spiro atoms. The van der Waals surface area contributed by atoms with Gasteiger partial charge in [-0.2, -0.15) is 0 Å². The molecule has 0 unspecified atom stereocenters. The molecule has 0 aliphatic heterocycles. The smallest absolute Gasteiger partial charge is 0.277 e. The van der Waals surface area contributed by atoms with Gasteiger partial charge in [0.15, 0.2) is 11.5 Å². The summed E-state index contributed by atoms with van der Waals surface area (Å²) in [4.78, 5) is 21.5. The average molecular weight is 387 g/mol. The lowest BCUT2D eigenvalue weighted by Crippen LogP contribution is -2.15. The normalized spacial score (nSPS) is 10.6. The number of aromatic nitrogens is 4. The van der Waals surface area contributed by atoms with E-state index in [4.69, 9.17) is 9.47 Å². The molecule has 29 heavy (non-hydrogen) atoms. The summed E-state index contributed by atoms with van der Waals surface area (Å²) in [5.74, 6) is 0.716. The van der Waals surface area contributed by atoms with Crippen molar-refractivity contribution >= 4 is 22.8 Å². The van der Waals surface area contributed by atoms with Crippen molar-refractivity contribution in [3.63, 3.8) is 0 Å². The Morgan fingerprint density at radius 3 is 2.41 bits per heavy atom. The number of carbonyl (C=O) groups is 1. The summed E-state index contributed by atoms with van der Waals surface area (Å²) in [6.07, 6.45) is 1.50. The fourth-order valence-electron chi connectivity index (χ4n) is 2.88. The van der Waals surface area contributed by atoms with E-state index in [-0.39, 0.29) is 11.5 Å². The third-order valence-electron chi connectivity index (χ3n) is 4.29. The van der Waals surface area contributed by atoms with Crippen LogP contribution in [0.2, 0.25) is 0 Å². The standard InChI is InChI=1S/C21H17N5O3/c1-28-16-10-8-14(13-6-4-3-5-7-13)19-20(16)23-17(12-22-19)24-21(27)15-9-11-18(29-2)26-25-15/h3-12H,1-2H3,(H,23,24,27). The molecular formula is C21H17N5O3. The van der Waals surface area contributed by atoms with Crippen LogP contribution in [0.4, 0.5) is 5.82 Å². The molecule has 1 N–H and O–H groups in total. The summed E-state index contributed by atoms with van der Waals surface area (Å²) in [5, 5.41) is 10.3. The predicted molar refractivity (Wildman–Crippen MR) is 108 cm³/mol. The van der Waals surface area contributed by atoms with E-state index in [1.165, 1.54) is 19.4 Å². The highest BCUT2D eigenvalue weighted by molar-refractivity contribution is 6.03. The van der Waals surface area contributed by atoms with Crippen molar-refractivity contribution in [1.82, 2.24) is 20.2 Å². The van der Waals surface area contributed by atoms with Crippen LogP contribution in [0, 0.1) is 0 Å². The van der Waals surface area contributed by atoms with Crippen molar-refractivity contribution in [2.45, 2.75) is 0 Å². The van der Waals surface area contributed by atoms with Gasteiger partial charge >= 0.3 is 0 Å². The Kier molecular flexibility index (Phi) is 4.98. The van der Waals surface area contributed by atoms with Crippen molar-refractivity contribution in [3.8, 4) is 22.8 Å². The van der Waals surface area contributed by atoms with Gasteiger partial charge in [-0.3, -0.25) is 4.79 Å². The highest BCUT2D eigenvalue weighted by atomic mass is 16.5. The van der Waals surface area contributed by atoms with Gasteiger partial charge in [0.2, 0.25) is 5.88 Å². The van der Waals surface area contributed by atoms with Gasteiger partial charge < -0.3 is 14.8 Å². The Hall–Kier alpha value is -4.07. The van der Waals surface area contributed by atoms with E-state index in [9.17, 15) is 4.79 Å². The minimum absolute atomic E-state index is 0.137. The van der Waals surface area contributed by atoms with E-state index in [1.54, 1.807) is 13.2 Å². The van der Waals surface area contributed by atoms with E-state index < -0.39 is 5.91 Å². The minimum atomic E-state index is -0.452. The van der Waals surface area contributed by atoms with Crippen LogP contribution in [0.5, 0.6) is 11.6 Å². The number of fused-ring (bicyclic) bond motifs is 1. The lowest BCUT2D eigenvalue weighted by Gasteiger charge is -2.11. The van der Waals surface area contributed by atoms with Crippen LogP contribution >= 0.6 is 0 Å². The molecule has 2 heterocycles. The largest absolute Gasteiger partial charge is 0.494 e. The van der Waals surface area contributed by atoms with Crippen LogP contribution in [0.25, 0.3) is 22.2 Å². The Balaban J connectivity index is 1.70. The lowest BCUT2D eigenvalue weighted by molar-refractivity contribution is 0.102. The number of hydrogen-bond donors (Lipinski definition) is 1. The van der Waals surface area contributed by atoms with Crippen LogP contribution in [-0.4, -0.2) is 40.3 Å². The molecule has 8 heteroatoms. The van der Waals surface area contributed by atoms with Crippen molar-refractivity contribution in [2.75, 3.05) is 19.5 Å². The van der Waals surface area contributed by atoms with Gasteiger partial charge in [-0.25, -0.2) is 9.97 Å². The molecule has 0 bridgehead atoms. The molecule has 8 nitrogen and oxygen atoms in total. The predicted octanol–water partition coefficient (Wildman–Crippen LogP) is 3.36. The summed E-state index contributed by atoms with van der Waals surface area (Å²) in [7, 11) is 3.04. The number of amides is 1. The second kappa shape index (κ2) is 7.89. The molecule has 144 valence electrons. The average Bonchev–Trinajstić information content (AvgIpc) is 2.79. The van der Waals surface area contributed by atoms with Gasteiger partial charge in [-0.05, 0) is 23.8 Å².